The van der Waals surface area contributed by atoms with Crippen LogP contribution in [0.2, 0.25) is 0 Å². The molecule has 0 atom stereocenters. The van der Waals surface area contributed by atoms with Gasteiger partial charge in [0.05, 0.1) is 11.4 Å². The topological polar surface area (TPSA) is 55.8 Å². The molecule has 0 aliphatic carbocycles. The molecule has 4 rings (SSSR count). The van der Waals surface area contributed by atoms with Gasteiger partial charge < -0.3 is 9.47 Å². The summed E-state index contributed by atoms with van der Waals surface area (Å²) in [5, 5.41) is -0.354. The van der Waals surface area contributed by atoms with E-state index in [0.717, 1.165) is 21.8 Å². The van der Waals surface area contributed by atoms with Gasteiger partial charge in [-0.1, -0.05) is 46.3 Å². The van der Waals surface area contributed by atoms with Gasteiger partial charge in [-0.15, -0.1) is 0 Å². The summed E-state index contributed by atoms with van der Waals surface area (Å²) in [6.07, 6.45) is 1.62. The standard InChI is InChI=1S/C26H21BrFNO4S/c1-17-5-4-7-21(13-17)32-12-11-29-25(30)24(34-26(29)31)15-19-14-20(27)9-10-23(19)33-16-18-6-2-3-8-22(18)28/h2-10,13-15H,11-12,16H2,1H3/b24-15-. The highest BCUT2D eigenvalue weighted by molar-refractivity contribution is 9.10. The van der Waals surface area contributed by atoms with E-state index >= 15 is 0 Å². The normalized spacial score (nSPS) is 14.7. The Kier molecular flexibility index (Phi) is 7.70. The molecule has 8 heteroatoms. The van der Waals surface area contributed by atoms with E-state index in [4.69, 9.17) is 9.47 Å². The van der Waals surface area contributed by atoms with Crippen molar-refractivity contribution in [2.45, 2.75) is 13.5 Å². The minimum Gasteiger partial charge on any atom is -0.492 e. The van der Waals surface area contributed by atoms with Crippen molar-refractivity contribution in [1.29, 1.82) is 0 Å². The molecule has 1 fully saturated rings. The van der Waals surface area contributed by atoms with E-state index in [1.807, 2.05) is 31.2 Å². The zero-order valence-corrected chi connectivity index (χ0v) is 20.7. The summed E-state index contributed by atoms with van der Waals surface area (Å²) in [6, 6.07) is 19.3. The Morgan fingerprint density at radius 2 is 1.85 bits per heavy atom. The molecular weight excluding hydrogens is 521 g/mol. The Morgan fingerprint density at radius 3 is 2.65 bits per heavy atom. The maximum atomic E-state index is 14.0. The van der Waals surface area contributed by atoms with E-state index in [1.54, 1.807) is 42.5 Å². The van der Waals surface area contributed by atoms with Gasteiger partial charge in [-0.05, 0) is 66.7 Å². The summed E-state index contributed by atoms with van der Waals surface area (Å²) in [5.74, 6) is 0.423. The number of nitrogens with zero attached hydrogens (tertiary/aromatic N) is 1. The van der Waals surface area contributed by atoms with Crippen molar-refractivity contribution in [2.75, 3.05) is 13.2 Å². The first-order chi connectivity index (χ1) is 16.4. The largest absolute Gasteiger partial charge is 0.492 e. The third-order valence-corrected chi connectivity index (χ3v) is 6.45. The molecule has 3 aromatic rings. The molecular formula is C26H21BrFNO4S. The van der Waals surface area contributed by atoms with Crippen LogP contribution in [0, 0.1) is 12.7 Å². The molecule has 174 valence electrons. The Morgan fingerprint density at radius 1 is 1.03 bits per heavy atom. The SMILES string of the molecule is Cc1cccc(OCCN2C(=O)S/C(=C\c3cc(Br)ccc3OCc3ccccc3F)C2=O)c1. The van der Waals surface area contributed by atoms with Crippen LogP contribution in [0.5, 0.6) is 11.5 Å². The molecule has 0 aromatic heterocycles. The zero-order chi connectivity index (χ0) is 24.1. The molecule has 2 amide bonds. The number of halogens is 2. The lowest BCUT2D eigenvalue weighted by Gasteiger charge is -2.13. The molecule has 5 nitrogen and oxygen atoms in total. The maximum Gasteiger partial charge on any atom is 0.293 e. The van der Waals surface area contributed by atoms with Crippen molar-refractivity contribution in [1.82, 2.24) is 4.90 Å². The number of hydrogen-bond donors (Lipinski definition) is 0. The number of thioether (sulfide) groups is 1. The Hall–Kier alpha value is -3.10. The number of ether oxygens (including phenoxy) is 2. The Labute approximate surface area is 209 Å². The van der Waals surface area contributed by atoms with Crippen LogP contribution < -0.4 is 9.47 Å². The third-order valence-electron chi connectivity index (χ3n) is 5.05. The van der Waals surface area contributed by atoms with Gasteiger partial charge in [0.1, 0.15) is 30.5 Å². The van der Waals surface area contributed by atoms with Gasteiger partial charge in [-0.2, -0.15) is 0 Å². The van der Waals surface area contributed by atoms with Crippen LogP contribution in [0.15, 0.2) is 76.1 Å². The first kappa shape index (κ1) is 24.0. The van der Waals surface area contributed by atoms with Gasteiger partial charge in [0.2, 0.25) is 0 Å². The minimum atomic E-state index is -0.386. The highest BCUT2D eigenvalue weighted by Crippen LogP contribution is 2.35. The highest BCUT2D eigenvalue weighted by Gasteiger charge is 2.35. The van der Waals surface area contributed by atoms with Crippen LogP contribution in [-0.4, -0.2) is 29.2 Å². The number of carbonyl (C=O) groups excluding carboxylic acids is 2. The van der Waals surface area contributed by atoms with Crippen molar-refractivity contribution in [2.24, 2.45) is 0 Å². The third kappa shape index (κ3) is 5.87. The molecule has 0 unspecified atom stereocenters. The molecule has 0 saturated carbocycles. The van der Waals surface area contributed by atoms with Crippen LogP contribution in [0.4, 0.5) is 9.18 Å². The maximum absolute atomic E-state index is 14.0. The average molecular weight is 542 g/mol. The number of benzene rings is 3. The number of amides is 2. The first-order valence-corrected chi connectivity index (χ1v) is 12.1. The Balaban J connectivity index is 1.45. The highest BCUT2D eigenvalue weighted by atomic mass is 79.9. The van der Waals surface area contributed by atoms with Crippen LogP contribution in [-0.2, 0) is 11.4 Å². The quantitative estimate of drug-likeness (QED) is 0.301. The summed E-state index contributed by atoms with van der Waals surface area (Å²) < 4.78 is 26.3. The van der Waals surface area contributed by atoms with E-state index in [-0.39, 0.29) is 41.6 Å². The molecule has 1 saturated heterocycles. The molecule has 1 heterocycles. The smallest absolute Gasteiger partial charge is 0.293 e. The molecule has 0 N–H and O–H groups in total. The lowest BCUT2D eigenvalue weighted by molar-refractivity contribution is -0.123. The van der Waals surface area contributed by atoms with Gasteiger partial charge in [0, 0.05) is 15.6 Å². The van der Waals surface area contributed by atoms with Crippen LogP contribution >= 0.6 is 27.7 Å². The van der Waals surface area contributed by atoms with Crippen molar-refractivity contribution < 1.29 is 23.5 Å². The predicted molar refractivity (Wildman–Crippen MR) is 134 cm³/mol. The number of aryl methyl sites for hydroxylation is 1. The van der Waals surface area contributed by atoms with Gasteiger partial charge in [0.25, 0.3) is 11.1 Å². The van der Waals surface area contributed by atoms with E-state index < -0.39 is 0 Å². The molecule has 34 heavy (non-hydrogen) atoms. The van der Waals surface area contributed by atoms with Crippen molar-refractivity contribution in [3.63, 3.8) is 0 Å². The number of imide groups is 1. The van der Waals surface area contributed by atoms with Gasteiger partial charge >= 0.3 is 0 Å². The monoisotopic (exact) mass is 541 g/mol. The van der Waals surface area contributed by atoms with E-state index in [2.05, 4.69) is 15.9 Å². The second-order valence-corrected chi connectivity index (χ2v) is 9.47. The second kappa shape index (κ2) is 10.9. The fraction of sp³-hybridized carbons (Fsp3) is 0.154. The Bertz CT molecular complexity index is 1260. The van der Waals surface area contributed by atoms with Crippen LogP contribution in [0.25, 0.3) is 6.08 Å². The fourth-order valence-corrected chi connectivity index (χ4v) is 4.56. The molecule has 0 bridgehead atoms. The lowest BCUT2D eigenvalue weighted by atomic mass is 10.1. The average Bonchev–Trinajstić information content (AvgIpc) is 3.07. The summed E-state index contributed by atoms with van der Waals surface area (Å²) >= 11 is 4.29. The zero-order valence-electron chi connectivity index (χ0n) is 18.3. The van der Waals surface area contributed by atoms with Crippen LogP contribution in [0.1, 0.15) is 16.7 Å². The van der Waals surface area contributed by atoms with Gasteiger partial charge in [0.15, 0.2) is 0 Å². The van der Waals surface area contributed by atoms with Gasteiger partial charge in [-0.3, -0.25) is 14.5 Å². The minimum absolute atomic E-state index is 0.0346. The number of hydrogen-bond acceptors (Lipinski definition) is 5. The van der Waals surface area contributed by atoms with E-state index in [1.165, 1.54) is 11.0 Å². The van der Waals surface area contributed by atoms with E-state index in [9.17, 15) is 14.0 Å². The number of rotatable bonds is 8. The summed E-state index contributed by atoms with van der Waals surface area (Å²) in [5.41, 5.74) is 2.09. The number of carbonyl (C=O) groups is 2. The van der Waals surface area contributed by atoms with Crippen molar-refractivity contribution in [3.8, 4) is 11.5 Å². The van der Waals surface area contributed by atoms with Crippen molar-refractivity contribution in [3.05, 3.63) is 98.6 Å². The first-order valence-electron chi connectivity index (χ1n) is 10.5. The summed E-state index contributed by atoms with van der Waals surface area (Å²) in [7, 11) is 0. The lowest BCUT2D eigenvalue weighted by Crippen LogP contribution is -2.32. The molecule has 0 radical (unpaired) electrons. The molecule has 1 aliphatic rings. The summed E-state index contributed by atoms with van der Waals surface area (Å²) in [4.78, 5) is 26.8. The predicted octanol–water partition coefficient (Wildman–Crippen LogP) is 6.59. The molecule has 1 aliphatic heterocycles. The van der Waals surface area contributed by atoms with Gasteiger partial charge in [-0.25, -0.2) is 4.39 Å². The molecule has 3 aromatic carbocycles. The van der Waals surface area contributed by atoms with Crippen molar-refractivity contribution >= 4 is 44.9 Å². The second-order valence-electron chi connectivity index (χ2n) is 7.56. The molecule has 0 spiro atoms. The van der Waals surface area contributed by atoms with Crippen LogP contribution in [0.3, 0.4) is 0 Å². The van der Waals surface area contributed by atoms with E-state index in [0.29, 0.717) is 22.6 Å². The summed E-state index contributed by atoms with van der Waals surface area (Å²) in [6.45, 7) is 2.34. The fourth-order valence-electron chi connectivity index (χ4n) is 3.33.